The summed E-state index contributed by atoms with van der Waals surface area (Å²) in [5.41, 5.74) is 15.9. The maximum absolute atomic E-state index is 8.05. The number of benzene rings is 7. The summed E-state index contributed by atoms with van der Waals surface area (Å²) < 4.78 is 2.46. The number of hydrogen-bond donors (Lipinski definition) is 0. The minimum atomic E-state index is -0.0698. The Morgan fingerprint density at radius 1 is 0.537 bits per heavy atom. The first-order valence-corrected chi connectivity index (χ1v) is 23.2. The first kappa shape index (κ1) is 41.5. The van der Waals surface area contributed by atoms with Gasteiger partial charge < -0.3 is 4.57 Å². The lowest BCUT2D eigenvalue weighted by Crippen LogP contribution is -2.11. The van der Waals surface area contributed by atoms with Crippen molar-refractivity contribution in [2.45, 2.75) is 51.4 Å². The maximum Gasteiger partial charge on any atom is 0.188 e. The molecule has 0 bridgehead atoms. The fourth-order valence-electron chi connectivity index (χ4n) is 9.62. The van der Waals surface area contributed by atoms with E-state index in [0.717, 1.165) is 85.7 Å². The molecule has 322 valence electrons. The van der Waals surface area contributed by atoms with Crippen molar-refractivity contribution in [3.8, 4) is 50.7 Å². The standard InChI is InChI=1S/C62H49N5/c1-62(2,3)50-33-35-56-54(39-50)55-40-51(63-4)34-36-57(55)67(56)58-52(45-29-25-43(26-30-45)41-17-9-5-10-18-41)37-49(38-53(58)46-31-27-44(28-32-46)42-19-11-6-12-20-42)61-65-59(47-21-13-7-14-22-47)64-60(66-61)48-23-15-8-16-24-48/h5-7,9-15,17-31,33-40,46H,8,16,32H2,1-3H3/t46-/m1/s1. The normalized spacial score (nSPS) is 14.8. The van der Waals surface area contributed by atoms with Gasteiger partial charge >= 0.3 is 0 Å². The van der Waals surface area contributed by atoms with Crippen LogP contribution in [0, 0.1) is 6.57 Å². The van der Waals surface area contributed by atoms with Crippen LogP contribution in [0.2, 0.25) is 0 Å². The summed E-state index contributed by atoms with van der Waals surface area (Å²) in [4.78, 5) is 19.6. The van der Waals surface area contributed by atoms with Gasteiger partial charge in [0.05, 0.1) is 23.3 Å². The van der Waals surface area contributed by atoms with E-state index < -0.39 is 0 Å². The summed E-state index contributed by atoms with van der Waals surface area (Å²) >= 11 is 0. The highest BCUT2D eigenvalue weighted by Crippen LogP contribution is 2.46. The number of allylic oxidation sites excluding steroid dienone is 8. The van der Waals surface area contributed by atoms with Gasteiger partial charge in [-0.05, 0) is 105 Å². The van der Waals surface area contributed by atoms with E-state index in [1.54, 1.807) is 0 Å². The second-order valence-corrected chi connectivity index (χ2v) is 18.6. The molecule has 0 radical (unpaired) electrons. The Balaban J connectivity index is 1.22. The minimum absolute atomic E-state index is 0.00695. The van der Waals surface area contributed by atoms with Gasteiger partial charge in [-0.15, -0.1) is 0 Å². The molecule has 67 heavy (non-hydrogen) atoms. The fourth-order valence-corrected chi connectivity index (χ4v) is 9.62. The number of nitrogens with zero attached hydrogens (tertiary/aromatic N) is 5. The smallest absolute Gasteiger partial charge is 0.188 e. The molecule has 5 nitrogen and oxygen atoms in total. The Labute approximate surface area is 392 Å². The van der Waals surface area contributed by atoms with Gasteiger partial charge in [-0.3, -0.25) is 0 Å². The van der Waals surface area contributed by atoms with E-state index in [0.29, 0.717) is 23.2 Å². The molecule has 0 spiro atoms. The zero-order chi connectivity index (χ0) is 45.5. The summed E-state index contributed by atoms with van der Waals surface area (Å²) in [6.45, 7) is 14.8. The molecular formula is C62H49N5. The summed E-state index contributed by atoms with van der Waals surface area (Å²) in [5.74, 6) is 1.94. The summed E-state index contributed by atoms with van der Waals surface area (Å²) in [6.07, 6.45) is 16.4. The molecule has 0 saturated carbocycles. The second-order valence-electron chi connectivity index (χ2n) is 18.6. The van der Waals surface area contributed by atoms with Gasteiger partial charge in [0, 0.05) is 33.6 Å². The van der Waals surface area contributed by atoms with Crippen molar-refractivity contribution in [2.75, 3.05) is 0 Å². The molecule has 7 aromatic carbocycles. The predicted octanol–water partition coefficient (Wildman–Crippen LogP) is 16.3. The Morgan fingerprint density at radius 3 is 1.79 bits per heavy atom. The monoisotopic (exact) mass is 863 g/mol. The molecule has 0 N–H and O–H groups in total. The third kappa shape index (κ3) is 8.02. The first-order chi connectivity index (χ1) is 32.8. The first-order valence-electron chi connectivity index (χ1n) is 23.2. The molecule has 0 unspecified atom stereocenters. The summed E-state index contributed by atoms with van der Waals surface area (Å²) in [6, 6.07) is 58.1. The second kappa shape index (κ2) is 17.3. The van der Waals surface area contributed by atoms with Crippen LogP contribution in [-0.4, -0.2) is 19.5 Å². The van der Waals surface area contributed by atoms with Crippen molar-refractivity contribution < 1.29 is 0 Å². The lowest BCUT2D eigenvalue weighted by Gasteiger charge is -2.26. The van der Waals surface area contributed by atoms with Gasteiger partial charge in [-0.1, -0.05) is 185 Å². The van der Waals surface area contributed by atoms with Crippen molar-refractivity contribution in [1.82, 2.24) is 19.5 Å². The topological polar surface area (TPSA) is 48.0 Å². The van der Waals surface area contributed by atoms with Gasteiger partial charge in [0.25, 0.3) is 0 Å². The van der Waals surface area contributed by atoms with Crippen molar-refractivity contribution in [2.24, 2.45) is 0 Å². The molecular weight excluding hydrogens is 815 g/mol. The highest BCUT2D eigenvalue weighted by atomic mass is 15.0. The maximum atomic E-state index is 8.05. The molecule has 2 aliphatic rings. The number of hydrogen-bond acceptors (Lipinski definition) is 3. The van der Waals surface area contributed by atoms with Crippen LogP contribution in [-0.2, 0) is 5.41 Å². The Hall–Kier alpha value is -8.20. The molecule has 9 aromatic rings. The SMILES string of the molecule is [C-]#[N+]c1ccc2c(c1)c1cc(C(C)(C)C)ccc1n2-c1c(-c2ccc(-c3ccccc3)cc2)cc(-c2nc(C3=CCCC=C3)nc(-c3ccccc3)n2)cc1[C@@H]1C=CC(c2ccccc2)=CC1. The van der Waals surface area contributed by atoms with Crippen LogP contribution in [0.1, 0.15) is 68.5 Å². The molecule has 0 amide bonds. The van der Waals surface area contributed by atoms with E-state index in [1.807, 2.05) is 24.3 Å². The average Bonchev–Trinajstić information content (AvgIpc) is 3.71. The predicted molar refractivity (Wildman–Crippen MR) is 278 cm³/mol. The third-order valence-corrected chi connectivity index (χ3v) is 13.2. The van der Waals surface area contributed by atoms with Gasteiger partial charge in [0.2, 0.25) is 0 Å². The van der Waals surface area contributed by atoms with Crippen molar-refractivity contribution in [1.29, 1.82) is 0 Å². The summed E-state index contributed by atoms with van der Waals surface area (Å²) in [5, 5.41) is 2.19. The highest BCUT2D eigenvalue weighted by Gasteiger charge is 2.27. The number of fused-ring (bicyclic) bond motifs is 3. The van der Waals surface area contributed by atoms with Gasteiger partial charge in [0.15, 0.2) is 23.2 Å². The fraction of sp³-hybridized carbons (Fsp3) is 0.129. The molecule has 0 fully saturated rings. The van der Waals surface area contributed by atoms with E-state index in [1.165, 1.54) is 22.3 Å². The van der Waals surface area contributed by atoms with Crippen LogP contribution in [0.25, 0.3) is 88.5 Å². The summed E-state index contributed by atoms with van der Waals surface area (Å²) in [7, 11) is 0. The molecule has 0 aliphatic heterocycles. The van der Waals surface area contributed by atoms with Crippen LogP contribution in [0.4, 0.5) is 5.69 Å². The number of rotatable bonds is 8. The van der Waals surface area contributed by atoms with Gasteiger partial charge in [0.1, 0.15) is 0 Å². The molecule has 2 heterocycles. The Kier molecular flexibility index (Phi) is 10.7. The van der Waals surface area contributed by atoms with Crippen LogP contribution in [0.15, 0.2) is 200 Å². The van der Waals surface area contributed by atoms with E-state index in [-0.39, 0.29) is 11.3 Å². The largest absolute Gasteiger partial charge is 0.308 e. The molecule has 0 saturated heterocycles. The molecule has 11 rings (SSSR count). The lowest BCUT2D eigenvalue weighted by atomic mass is 9.84. The van der Waals surface area contributed by atoms with Gasteiger partial charge in [-0.25, -0.2) is 19.8 Å². The van der Waals surface area contributed by atoms with Crippen LogP contribution in [0.3, 0.4) is 0 Å². The number of aromatic nitrogens is 4. The lowest BCUT2D eigenvalue weighted by molar-refractivity contribution is 0.591. The Bertz CT molecular complexity index is 3500. The molecule has 2 aromatic heterocycles. The Morgan fingerprint density at radius 2 is 1.15 bits per heavy atom. The van der Waals surface area contributed by atoms with Gasteiger partial charge in [-0.2, -0.15) is 0 Å². The van der Waals surface area contributed by atoms with E-state index in [9.17, 15) is 0 Å². The van der Waals surface area contributed by atoms with Crippen molar-refractivity contribution in [3.63, 3.8) is 0 Å². The zero-order valence-electron chi connectivity index (χ0n) is 38.0. The van der Waals surface area contributed by atoms with Crippen molar-refractivity contribution in [3.05, 3.63) is 234 Å². The minimum Gasteiger partial charge on any atom is -0.308 e. The molecule has 5 heteroatoms. The quantitative estimate of drug-likeness (QED) is 0.143. The van der Waals surface area contributed by atoms with Crippen LogP contribution in [0.5, 0.6) is 0 Å². The van der Waals surface area contributed by atoms with Crippen molar-refractivity contribution >= 4 is 38.6 Å². The van der Waals surface area contributed by atoms with E-state index in [4.69, 9.17) is 21.5 Å². The van der Waals surface area contributed by atoms with E-state index >= 15 is 0 Å². The average molecular weight is 864 g/mol. The van der Waals surface area contributed by atoms with Crippen LogP contribution < -0.4 is 0 Å². The molecule has 1 atom stereocenters. The van der Waals surface area contributed by atoms with E-state index in [2.05, 4.69) is 206 Å². The highest BCUT2D eigenvalue weighted by molar-refractivity contribution is 6.11. The zero-order valence-corrected chi connectivity index (χ0v) is 38.0. The third-order valence-electron chi connectivity index (χ3n) is 13.2. The van der Waals surface area contributed by atoms with Crippen LogP contribution >= 0.6 is 0 Å². The molecule has 2 aliphatic carbocycles.